The SMILES string of the molecule is CCN(CC)S(=O)(=O)c1ccc(OC)c(NC(=O)CNC(=O)c2ccc(Cl)cc2Cl)c1. The van der Waals surface area contributed by atoms with Crippen LogP contribution in [0.5, 0.6) is 5.75 Å². The van der Waals surface area contributed by atoms with Crippen LogP contribution in [0.15, 0.2) is 41.3 Å². The van der Waals surface area contributed by atoms with E-state index in [-0.39, 0.29) is 33.5 Å². The van der Waals surface area contributed by atoms with Crippen molar-refractivity contribution in [2.24, 2.45) is 0 Å². The number of nitrogens with one attached hydrogen (secondary N) is 2. The fourth-order valence-corrected chi connectivity index (χ4v) is 4.76. The second kappa shape index (κ2) is 10.8. The van der Waals surface area contributed by atoms with Gasteiger partial charge in [-0.15, -0.1) is 0 Å². The summed E-state index contributed by atoms with van der Waals surface area (Å²) in [6, 6.07) is 8.56. The molecule has 0 spiro atoms. The van der Waals surface area contributed by atoms with Gasteiger partial charge in [-0.1, -0.05) is 37.0 Å². The second-order valence-electron chi connectivity index (χ2n) is 6.31. The number of nitrogens with zero attached hydrogens (tertiary/aromatic N) is 1. The number of anilines is 1. The van der Waals surface area contributed by atoms with E-state index >= 15 is 0 Å². The Morgan fingerprint density at radius 1 is 1.06 bits per heavy atom. The molecule has 2 aromatic rings. The number of hydrogen-bond acceptors (Lipinski definition) is 5. The Labute approximate surface area is 191 Å². The quantitative estimate of drug-likeness (QED) is 0.563. The zero-order valence-corrected chi connectivity index (χ0v) is 19.6. The molecule has 8 nitrogen and oxygen atoms in total. The summed E-state index contributed by atoms with van der Waals surface area (Å²) in [6.07, 6.45) is 0. The minimum Gasteiger partial charge on any atom is -0.495 e. The largest absolute Gasteiger partial charge is 0.495 e. The molecular weight excluding hydrogens is 465 g/mol. The van der Waals surface area contributed by atoms with Gasteiger partial charge in [-0.25, -0.2) is 8.42 Å². The predicted octanol–water partition coefficient (Wildman–Crippen LogP) is 3.40. The van der Waals surface area contributed by atoms with E-state index in [0.29, 0.717) is 18.1 Å². The Kier molecular flexibility index (Phi) is 8.69. The van der Waals surface area contributed by atoms with Gasteiger partial charge in [-0.3, -0.25) is 9.59 Å². The smallest absolute Gasteiger partial charge is 0.253 e. The van der Waals surface area contributed by atoms with Crippen molar-refractivity contribution in [2.45, 2.75) is 18.7 Å². The number of benzene rings is 2. The number of carbonyl (C=O) groups excluding carboxylic acids is 2. The van der Waals surface area contributed by atoms with Crippen LogP contribution in [0, 0.1) is 0 Å². The highest BCUT2D eigenvalue weighted by Crippen LogP contribution is 2.29. The zero-order chi connectivity index (χ0) is 23.2. The number of methoxy groups -OCH3 is 1. The van der Waals surface area contributed by atoms with Gasteiger partial charge < -0.3 is 15.4 Å². The Morgan fingerprint density at radius 2 is 1.74 bits per heavy atom. The van der Waals surface area contributed by atoms with Gasteiger partial charge in [-0.05, 0) is 36.4 Å². The van der Waals surface area contributed by atoms with E-state index in [1.807, 2.05) is 0 Å². The predicted molar refractivity (Wildman–Crippen MR) is 121 cm³/mol. The molecule has 0 bridgehead atoms. The molecule has 2 rings (SSSR count). The molecule has 0 atom stereocenters. The van der Waals surface area contributed by atoms with Gasteiger partial charge in [0.05, 0.1) is 34.8 Å². The van der Waals surface area contributed by atoms with Crippen LogP contribution in [-0.4, -0.2) is 51.3 Å². The third-order valence-electron chi connectivity index (χ3n) is 4.37. The van der Waals surface area contributed by atoms with E-state index in [1.165, 1.54) is 47.8 Å². The molecule has 2 N–H and O–H groups in total. The van der Waals surface area contributed by atoms with Crippen molar-refractivity contribution >= 4 is 50.7 Å². The Bertz CT molecular complexity index is 1070. The van der Waals surface area contributed by atoms with Gasteiger partial charge in [-0.2, -0.15) is 4.31 Å². The molecule has 2 amide bonds. The van der Waals surface area contributed by atoms with Gasteiger partial charge in [0.1, 0.15) is 5.75 Å². The monoisotopic (exact) mass is 487 g/mol. The molecule has 0 aromatic heterocycles. The van der Waals surface area contributed by atoms with Crippen molar-refractivity contribution in [3.8, 4) is 5.75 Å². The molecule has 0 aliphatic carbocycles. The molecule has 168 valence electrons. The third-order valence-corrected chi connectivity index (χ3v) is 6.97. The number of halogens is 2. The summed E-state index contributed by atoms with van der Waals surface area (Å²) in [7, 11) is -2.33. The van der Waals surface area contributed by atoms with Gasteiger partial charge in [0.2, 0.25) is 15.9 Å². The first-order valence-corrected chi connectivity index (χ1v) is 11.5. The van der Waals surface area contributed by atoms with Crippen molar-refractivity contribution in [1.29, 1.82) is 0 Å². The number of rotatable bonds is 9. The van der Waals surface area contributed by atoms with Gasteiger partial charge in [0.15, 0.2) is 0 Å². The number of sulfonamides is 1. The first-order valence-electron chi connectivity index (χ1n) is 9.35. The molecule has 0 saturated carbocycles. The van der Waals surface area contributed by atoms with Crippen LogP contribution in [0.1, 0.15) is 24.2 Å². The summed E-state index contributed by atoms with van der Waals surface area (Å²) < 4.78 is 32.0. The van der Waals surface area contributed by atoms with Crippen molar-refractivity contribution < 1.29 is 22.7 Å². The summed E-state index contributed by atoms with van der Waals surface area (Å²) in [6.45, 7) is 3.73. The normalized spacial score (nSPS) is 11.3. The Balaban J connectivity index is 2.15. The number of ether oxygens (including phenoxy) is 1. The van der Waals surface area contributed by atoms with Gasteiger partial charge >= 0.3 is 0 Å². The maximum Gasteiger partial charge on any atom is 0.253 e. The highest BCUT2D eigenvalue weighted by Gasteiger charge is 2.23. The molecule has 2 aromatic carbocycles. The Morgan fingerprint density at radius 3 is 2.32 bits per heavy atom. The molecule has 0 radical (unpaired) electrons. The van der Waals surface area contributed by atoms with E-state index in [2.05, 4.69) is 10.6 Å². The first kappa shape index (κ1) is 24.9. The lowest BCUT2D eigenvalue weighted by Gasteiger charge is -2.19. The lowest BCUT2D eigenvalue weighted by atomic mass is 10.2. The van der Waals surface area contributed by atoms with Crippen LogP contribution >= 0.6 is 23.2 Å². The van der Waals surface area contributed by atoms with Crippen molar-refractivity contribution in [1.82, 2.24) is 9.62 Å². The maximum absolute atomic E-state index is 12.8. The zero-order valence-electron chi connectivity index (χ0n) is 17.2. The third kappa shape index (κ3) is 6.10. The van der Waals surface area contributed by atoms with E-state index in [9.17, 15) is 18.0 Å². The molecule has 0 fully saturated rings. The van der Waals surface area contributed by atoms with Gasteiger partial charge in [0, 0.05) is 18.1 Å². The van der Waals surface area contributed by atoms with Crippen LogP contribution in [0.3, 0.4) is 0 Å². The Hall–Kier alpha value is -2.33. The minimum absolute atomic E-state index is 0.0179. The molecule has 31 heavy (non-hydrogen) atoms. The molecule has 0 heterocycles. The van der Waals surface area contributed by atoms with Crippen LogP contribution < -0.4 is 15.4 Å². The highest BCUT2D eigenvalue weighted by molar-refractivity contribution is 7.89. The van der Waals surface area contributed by atoms with Crippen molar-refractivity contribution in [2.75, 3.05) is 32.1 Å². The summed E-state index contributed by atoms with van der Waals surface area (Å²) in [5, 5.41) is 5.55. The summed E-state index contributed by atoms with van der Waals surface area (Å²) in [5.74, 6) is -0.852. The van der Waals surface area contributed by atoms with Crippen LogP contribution in [0.25, 0.3) is 0 Å². The van der Waals surface area contributed by atoms with Crippen LogP contribution in [0.4, 0.5) is 5.69 Å². The first-order chi connectivity index (χ1) is 14.6. The lowest BCUT2D eigenvalue weighted by molar-refractivity contribution is -0.115. The summed E-state index contributed by atoms with van der Waals surface area (Å²) >= 11 is 11.8. The molecular formula is C20H23Cl2N3O5S. The standard InChI is InChI=1S/C20H23Cl2N3O5S/c1-4-25(5-2)31(28,29)14-7-9-18(30-3)17(11-14)24-19(26)12-23-20(27)15-8-6-13(21)10-16(15)22/h6-11H,4-5,12H2,1-3H3,(H,23,27)(H,24,26). The number of hydrogen-bond donors (Lipinski definition) is 2. The minimum atomic E-state index is -3.72. The van der Waals surface area contributed by atoms with E-state index in [4.69, 9.17) is 27.9 Å². The fourth-order valence-electron chi connectivity index (χ4n) is 2.78. The number of carbonyl (C=O) groups is 2. The molecule has 11 heteroatoms. The van der Waals surface area contributed by atoms with E-state index in [1.54, 1.807) is 13.8 Å². The lowest BCUT2D eigenvalue weighted by Crippen LogP contribution is -2.33. The highest BCUT2D eigenvalue weighted by atomic mass is 35.5. The molecule has 0 saturated heterocycles. The fraction of sp³-hybridized carbons (Fsp3) is 0.300. The van der Waals surface area contributed by atoms with E-state index in [0.717, 1.165) is 0 Å². The average Bonchev–Trinajstić information content (AvgIpc) is 2.72. The average molecular weight is 488 g/mol. The molecule has 0 unspecified atom stereocenters. The molecule has 0 aliphatic heterocycles. The maximum atomic E-state index is 12.8. The van der Waals surface area contributed by atoms with Crippen molar-refractivity contribution in [3.63, 3.8) is 0 Å². The van der Waals surface area contributed by atoms with Gasteiger partial charge in [0.25, 0.3) is 5.91 Å². The van der Waals surface area contributed by atoms with Crippen LogP contribution in [0.2, 0.25) is 10.0 Å². The van der Waals surface area contributed by atoms with Crippen LogP contribution in [-0.2, 0) is 14.8 Å². The van der Waals surface area contributed by atoms with E-state index < -0.39 is 21.8 Å². The summed E-state index contributed by atoms with van der Waals surface area (Å²) in [4.78, 5) is 24.6. The summed E-state index contributed by atoms with van der Waals surface area (Å²) in [5.41, 5.74) is 0.336. The van der Waals surface area contributed by atoms with Crippen molar-refractivity contribution in [3.05, 3.63) is 52.0 Å². The topological polar surface area (TPSA) is 105 Å². The second-order valence-corrected chi connectivity index (χ2v) is 9.09. The molecule has 0 aliphatic rings. The number of amides is 2.